The second-order valence-electron chi connectivity index (χ2n) is 5.01. The van der Waals surface area contributed by atoms with E-state index >= 15 is 0 Å². The Morgan fingerprint density at radius 1 is 1.18 bits per heavy atom. The van der Waals surface area contributed by atoms with Crippen LogP contribution in [-0.4, -0.2) is 9.78 Å². The zero-order valence-corrected chi connectivity index (χ0v) is 13.0. The van der Waals surface area contributed by atoms with E-state index in [-0.39, 0.29) is 12.1 Å². The highest BCUT2D eigenvalue weighted by Crippen LogP contribution is 2.31. The Bertz CT molecular complexity index is 787. The van der Waals surface area contributed by atoms with Gasteiger partial charge in [0.1, 0.15) is 11.6 Å². The predicted molar refractivity (Wildman–Crippen MR) is 84.9 cm³/mol. The van der Waals surface area contributed by atoms with Crippen LogP contribution in [0.15, 0.2) is 36.4 Å². The fourth-order valence-corrected chi connectivity index (χ4v) is 3.24. The molecular weight excluding hydrogens is 304 g/mol. The van der Waals surface area contributed by atoms with Crippen LogP contribution in [-0.2, 0) is 13.6 Å². The Kier molecular flexibility index (Phi) is 3.94. The van der Waals surface area contributed by atoms with E-state index in [0.717, 1.165) is 21.3 Å². The van der Waals surface area contributed by atoms with Gasteiger partial charge in [0, 0.05) is 19.2 Å². The highest BCUT2D eigenvalue weighted by atomic mass is 32.1. The molecule has 0 aliphatic rings. The zero-order valence-electron chi connectivity index (χ0n) is 12.2. The van der Waals surface area contributed by atoms with Gasteiger partial charge in [-0.2, -0.15) is 5.10 Å². The Labute approximate surface area is 131 Å². The summed E-state index contributed by atoms with van der Waals surface area (Å²) in [7, 11) is 1.89. The van der Waals surface area contributed by atoms with Crippen molar-refractivity contribution in [1.82, 2.24) is 9.78 Å². The summed E-state index contributed by atoms with van der Waals surface area (Å²) in [5, 5.41) is 8.24. The third kappa shape index (κ3) is 2.87. The number of rotatable bonds is 4. The molecule has 0 aliphatic carbocycles. The van der Waals surface area contributed by atoms with Crippen LogP contribution in [0.4, 0.5) is 13.8 Å². The molecule has 0 atom stereocenters. The minimum Gasteiger partial charge on any atom is -0.373 e. The largest absolute Gasteiger partial charge is 0.373 e. The SMILES string of the molecule is Cc1cc(-c2ccc(NCc3c(F)cccc3F)s2)n(C)n1. The van der Waals surface area contributed by atoms with Gasteiger partial charge in [0.05, 0.1) is 21.3 Å². The molecule has 0 saturated heterocycles. The first-order valence-corrected chi connectivity index (χ1v) is 7.64. The maximum atomic E-state index is 13.6. The van der Waals surface area contributed by atoms with Crippen molar-refractivity contribution in [2.75, 3.05) is 5.32 Å². The molecule has 0 saturated carbocycles. The third-order valence-corrected chi connectivity index (χ3v) is 4.43. The van der Waals surface area contributed by atoms with E-state index in [1.54, 1.807) is 0 Å². The Morgan fingerprint density at radius 3 is 2.55 bits per heavy atom. The summed E-state index contributed by atoms with van der Waals surface area (Å²) in [6.07, 6.45) is 0. The van der Waals surface area contributed by atoms with E-state index in [9.17, 15) is 8.78 Å². The number of thiophene rings is 1. The second kappa shape index (κ2) is 5.88. The number of hydrogen-bond donors (Lipinski definition) is 1. The van der Waals surface area contributed by atoms with Gasteiger partial charge in [-0.3, -0.25) is 4.68 Å². The fraction of sp³-hybridized carbons (Fsp3) is 0.188. The molecule has 6 heteroatoms. The van der Waals surface area contributed by atoms with Gasteiger partial charge in [0.15, 0.2) is 0 Å². The molecule has 22 heavy (non-hydrogen) atoms. The smallest absolute Gasteiger partial charge is 0.131 e. The predicted octanol–water partition coefficient (Wildman–Crippen LogP) is 4.35. The zero-order chi connectivity index (χ0) is 15.7. The topological polar surface area (TPSA) is 29.9 Å². The highest BCUT2D eigenvalue weighted by Gasteiger charge is 2.11. The molecule has 0 aliphatic heterocycles. The minimum absolute atomic E-state index is 0.0498. The molecule has 0 spiro atoms. The molecule has 114 valence electrons. The first-order chi connectivity index (χ1) is 10.5. The molecule has 2 heterocycles. The van der Waals surface area contributed by atoms with Crippen molar-refractivity contribution >= 4 is 16.3 Å². The van der Waals surface area contributed by atoms with E-state index in [2.05, 4.69) is 10.4 Å². The lowest BCUT2D eigenvalue weighted by atomic mass is 10.2. The van der Waals surface area contributed by atoms with Gasteiger partial charge in [-0.1, -0.05) is 6.07 Å². The first kappa shape index (κ1) is 14.7. The summed E-state index contributed by atoms with van der Waals surface area (Å²) < 4.78 is 29.0. The number of nitrogens with one attached hydrogen (secondary N) is 1. The van der Waals surface area contributed by atoms with E-state index < -0.39 is 11.6 Å². The summed E-state index contributed by atoms with van der Waals surface area (Å²) in [6, 6.07) is 9.77. The molecule has 3 rings (SSSR count). The van der Waals surface area contributed by atoms with Gasteiger partial charge in [-0.05, 0) is 37.3 Å². The number of aromatic nitrogens is 2. The van der Waals surface area contributed by atoms with Crippen molar-refractivity contribution in [1.29, 1.82) is 0 Å². The molecule has 1 N–H and O–H groups in total. The molecule has 2 aromatic heterocycles. The Balaban J connectivity index is 1.76. The van der Waals surface area contributed by atoms with Crippen LogP contribution >= 0.6 is 11.3 Å². The van der Waals surface area contributed by atoms with Crippen LogP contribution in [0.1, 0.15) is 11.3 Å². The first-order valence-electron chi connectivity index (χ1n) is 6.82. The highest BCUT2D eigenvalue weighted by molar-refractivity contribution is 7.19. The molecule has 1 aromatic carbocycles. The summed E-state index contributed by atoms with van der Waals surface area (Å²) in [6.45, 7) is 2.06. The van der Waals surface area contributed by atoms with E-state index in [4.69, 9.17) is 0 Å². The van der Waals surface area contributed by atoms with E-state index in [1.807, 2.05) is 36.9 Å². The standard InChI is InChI=1S/C16H15F2N3S/c1-10-8-14(21(2)20-10)15-6-7-16(22-15)19-9-11-12(17)4-3-5-13(11)18/h3-8,19H,9H2,1-2H3. The van der Waals surface area contributed by atoms with Gasteiger partial charge in [0.25, 0.3) is 0 Å². The van der Waals surface area contributed by atoms with Crippen molar-refractivity contribution in [2.24, 2.45) is 7.05 Å². The number of hydrogen-bond acceptors (Lipinski definition) is 3. The fourth-order valence-electron chi connectivity index (χ4n) is 2.29. The Hall–Kier alpha value is -2.21. The van der Waals surface area contributed by atoms with Gasteiger partial charge >= 0.3 is 0 Å². The van der Waals surface area contributed by atoms with Crippen molar-refractivity contribution in [3.8, 4) is 10.6 Å². The van der Waals surface area contributed by atoms with Crippen molar-refractivity contribution in [2.45, 2.75) is 13.5 Å². The second-order valence-corrected chi connectivity index (χ2v) is 6.10. The van der Waals surface area contributed by atoms with Gasteiger partial charge < -0.3 is 5.32 Å². The number of nitrogens with zero attached hydrogens (tertiary/aromatic N) is 2. The van der Waals surface area contributed by atoms with Crippen molar-refractivity contribution < 1.29 is 8.78 Å². The van der Waals surface area contributed by atoms with Gasteiger partial charge in [-0.25, -0.2) is 8.78 Å². The molecule has 0 radical (unpaired) electrons. The van der Waals surface area contributed by atoms with E-state index in [0.29, 0.717) is 0 Å². The van der Waals surface area contributed by atoms with Crippen LogP contribution in [0.25, 0.3) is 10.6 Å². The van der Waals surface area contributed by atoms with Crippen LogP contribution in [0, 0.1) is 18.6 Å². The normalized spacial score (nSPS) is 10.9. The van der Waals surface area contributed by atoms with Crippen LogP contribution in [0.2, 0.25) is 0 Å². The molecule has 0 unspecified atom stereocenters. The van der Waals surface area contributed by atoms with Crippen LogP contribution < -0.4 is 5.32 Å². The Morgan fingerprint density at radius 2 is 1.91 bits per heavy atom. The maximum absolute atomic E-state index is 13.6. The van der Waals surface area contributed by atoms with E-state index in [1.165, 1.54) is 29.5 Å². The van der Waals surface area contributed by atoms with Crippen molar-refractivity contribution in [3.05, 3.63) is 59.3 Å². The number of aryl methyl sites for hydroxylation is 2. The molecule has 3 aromatic rings. The van der Waals surface area contributed by atoms with Gasteiger partial charge in [0.2, 0.25) is 0 Å². The molecular formula is C16H15F2N3S. The van der Waals surface area contributed by atoms with Crippen molar-refractivity contribution in [3.63, 3.8) is 0 Å². The lowest BCUT2D eigenvalue weighted by Crippen LogP contribution is -2.03. The number of anilines is 1. The monoisotopic (exact) mass is 319 g/mol. The molecule has 3 nitrogen and oxygen atoms in total. The summed E-state index contributed by atoms with van der Waals surface area (Å²) in [4.78, 5) is 1.06. The lowest BCUT2D eigenvalue weighted by Gasteiger charge is -2.06. The van der Waals surface area contributed by atoms with Gasteiger partial charge in [-0.15, -0.1) is 11.3 Å². The number of halogens is 2. The number of benzene rings is 1. The quantitative estimate of drug-likeness (QED) is 0.775. The summed E-state index contributed by atoms with van der Waals surface area (Å²) in [5.74, 6) is -1.07. The van der Waals surface area contributed by atoms with Crippen LogP contribution in [0.3, 0.4) is 0 Å². The molecule has 0 bridgehead atoms. The third-order valence-electron chi connectivity index (χ3n) is 3.36. The minimum atomic E-state index is -0.536. The lowest BCUT2D eigenvalue weighted by molar-refractivity contribution is 0.560. The molecule has 0 amide bonds. The average Bonchev–Trinajstić information content (AvgIpc) is 3.04. The average molecular weight is 319 g/mol. The van der Waals surface area contributed by atoms with Crippen LogP contribution in [0.5, 0.6) is 0 Å². The molecule has 0 fully saturated rings. The maximum Gasteiger partial charge on any atom is 0.131 e. The summed E-state index contributed by atoms with van der Waals surface area (Å²) in [5.41, 5.74) is 2.02. The summed E-state index contributed by atoms with van der Waals surface area (Å²) >= 11 is 1.53.